The molecule has 1 aliphatic rings. The van der Waals surface area contributed by atoms with Crippen molar-refractivity contribution in [3.8, 4) is 5.75 Å². The van der Waals surface area contributed by atoms with E-state index in [1.807, 2.05) is 37.3 Å². The Morgan fingerprint density at radius 3 is 2.92 bits per heavy atom. The van der Waals surface area contributed by atoms with Crippen LogP contribution in [0, 0.1) is 6.92 Å². The van der Waals surface area contributed by atoms with Crippen molar-refractivity contribution >= 4 is 38.8 Å². The predicted octanol–water partition coefficient (Wildman–Crippen LogP) is 3.79. The summed E-state index contributed by atoms with van der Waals surface area (Å²) in [6.45, 7) is 2.83. The molecular formula is C19H19N3O3S. The number of carbonyl (C=O) groups excluding carboxylic acids is 1. The number of hydrogen-bond acceptors (Lipinski definition) is 6. The number of nitrogens with zero attached hydrogens (tertiary/aromatic N) is 2. The number of carbonyl (C=O) groups is 1. The maximum Gasteiger partial charge on any atom is 0.272 e. The van der Waals surface area contributed by atoms with Crippen molar-refractivity contribution < 1.29 is 14.3 Å². The zero-order chi connectivity index (χ0) is 18.3. The van der Waals surface area contributed by atoms with Crippen LogP contribution < -0.4 is 15.0 Å². The van der Waals surface area contributed by atoms with Gasteiger partial charge in [0, 0.05) is 29.9 Å². The summed E-state index contributed by atoms with van der Waals surface area (Å²) in [5.74, 6) is 0.688. The van der Waals surface area contributed by atoms with Gasteiger partial charge in [0.1, 0.15) is 15.5 Å². The second kappa shape index (κ2) is 6.59. The largest absolute Gasteiger partial charge is 0.497 e. The van der Waals surface area contributed by atoms with Crippen LogP contribution in [0.3, 0.4) is 0 Å². The number of pyridine rings is 1. The van der Waals surface area contributed by atoms with E-state index in [9.17, 15) is 4.79 Å². The zero-order valence-corrected chi connectivity index (χ0v) is 15.6. The quantitative estimate of drug-likeness (QED) is 0.758. The van der Waals surface area contributed by atoms with Crippen molar-refractivity contribution in [2.75, 3.05) is 31.1 Å². The molecule has 0 atom stereocenters. The second-order valence-electron chi connectivity index (χ2n) is 6.11. The van der Waals surface area contributed by atoms with Crippen LogP contribution in [-0.4, -0.2) is 31.8 Å². The summed E-state index contributed by atoms with van der Waals surface area (Å²) in [6.07, 6.45) is 0. The average Bonchev–Trinajstić information content (AvgIpc) is 3.01. The number of methoxy groups -OCH3 is 2. The van der Waals surface area contributed by atoms with Crippen LogP contribution >= 0.6 is 11.3 Å². The van der Waals surface area contributed by atoms with Gasteiger partial charge < -0.3 is 14.8 Å². The highest BCUT2D eigenvalue weighted by Crippen LogP contribution is 2.41. The molecule has 26 heavy (non-hydrogen) atoms. The number of fused-ring (bicyclic) bond motifs is 3. The Morgan fingerprint density at radius 1 is 1.31 bits per heavy atom. The summed E-state index contributed by atoms with van der Waals surface area (Å²) in [6, 6.07) is 9.51. The Bertz CT molecular complexity index is 999. The number of benzene rings is 1. The Balaban J connectivity index is 1.80. The molecule has 1 amide bonds. The van der Waals surface area contributed by atoms with Crippen molar-refractivity contribution in [1.29, 1.82) is 0 Å². The summed E-state index contributed by atoms with van der Waals surface area (Å²) < 4.78 is 10.6. The SMILES string of the molecule is COCc1cc(C)nc2sc3c(c12)NCN(c1cccc(OC)c1)C3=O. The fraction of sp³-hybridized carbons (Fsp3) is 0.263. The lowest BCUT2D eigenvalue weighted by Crippen LogP contribution is -2.39. The van der Waals surface area contributed by atoms with E-state index in [4.69, 9.17) is 9.47 Å². The first-order valence-electron chi connectivity index (χ1n) is 8.24. The summed E-state index contributed by atoms with van der Waals surface area (Å²) in [5, 5.41) is 4.38. The molecule has 4 rings (SSSR count). The van der Waals surface area contributed by atoms with Crippen LogP contribution in [-0.2, 0) is 11.3 Å². The number of hydrogen-bond donors (Lipinski definition) is 1. The van der Waals surface area contributed by atoms with Gasteiger partial charge in [-0.2, -0.15) is 0 Å². The first-order valence-corrected chi connectivity index (χ1v) is 9.05. The molecule has 2 aromatic heterocycles. The fourth-order valence-electron chi connectivity index (χ4n) is 3.24. The summed E-state index contributed by atoms with van der Waals surface area (Å²) >= 11 is 1.42. The standard InChI is InChI=1S/C19H19N3O3S/c1-11-7-12(9-24-2)15-16-17(26-18(15)21-11)19(23)22(10-20-16)13-5-4-6-14(8-13)25-3/h4-8,20H,9-10H2,1-3H3. The van der Waals surface area contributed by atoms with E-state index in [-0.39, 0.29) is 5.91 Å². The molecule has 1 aromatic carbocycles. The van der Waals surface area contributed by atoms with Crippen molar-refractivity contribution in [3.63, 3.8) is 0 Å². The highest BCUT2D eigenvalue weighted by atomic mass is 32.1. The third-order valence-corrected chi connectivity index (χ3v) is 5.46. The molecule has 0 unspecified atom stereocenters. The van der Waals surface area contributed by atoms with Crippen molar-refractivity contribution in [2.45, 2.75) is 13.5 Å². The first-order chi connectivity index (χ1) is 12.6. The lowest BCUT2D eigenvalue weighted by Gasteiger charge is -2.28. The molecule has 0 bridgehead atoms. The zero-order valence-electron chi connectivity index (χ0n) is 14.8. The number of ether oxygens (including phenoxy) is 2. The van der Waals surface area contributed by atoms with Crippen LogP contribution in [0.5, 0.6) is 5.75 Å². The van der Waals surface area contributed by atoms with Gasteiger partial charge in [-0.3, -0.25) is 9.69 Å². The number of aryl methyl sites for hydroxylation is 1. The van der Waals surface area contributed by atoms with Gasteiger partial charge in [0.2, 0.25) is 0 Å². The fourth-order valence-corrected chi connectivity index (χ4v) is 4.43. The third-order valence-electron chi connectivity index (χ3n) is 4.39. The molecule has 0 radical (unpaired) electrons. The van der Waals surface area contributed by atoms with Gasteiger partial charge in [-0.15, -0.1) is 11.3 Å². The maximum absolute atomic E-state index is 13.1. The van der Waals surface area contributed by atoms with Gasteiger partial charge in [-0.05, 0) is 30.7 Å². The van der Waals surface area contributed by atoms with Gasteiger partial charge in [0.05, 0.1) is 26.1 Å². The van der Waals surface area contributed by atoms with E-state index in [1.165, 1.54) is 11.3 Å². The number of anilines is 2. The van der Waals surface area contributed by atoms with Crippen LogP contribution in [0.4, 0.5) is 11.4 Å². The van der Waals surface area contributed by atoms with Crippen molar-refractivity contribution in [2.24, 2.45) is 0 Å². The summed E-state index contributed by atoms with van der Waals surface area (Å²) in [4.78, 5) is 21.0. The normalized spacial score (nSPS) is 13.7. The van der Waals surface area contributed by atoms with E-state index in [2.05, 4.69) is 10.3 Å². The molecule has 7 heteroatoms. The molecule has 3 aromatic rings. The smallest absolute Gasteiger partial charge is 0.272 e. The average molecular weight is 369 g/mol. The number of nitrogens with one attached hydrogen (secondary N) is 1. The molecule has 0 spiro atoms. The number of aromatic nitrogens is 1. The number of thiophene rings is 1. The molecule has 6 nitrogen and oxygen atoms in total. The minimum Gasteiger partial charge on any atom is -0.497 e. The molecule has 134 valence electrons. The highest BCUT2D eigenvalue weighted by Gasteiger charge is 2.30. The van der Waals surface area contributed by atoms with E-state index in [0.717, 1.165) is 38.6 Å². The topological polar surface area (TPSA) is 63.7 Å². The predicted molar refractivity (Wildman–Crippen MR) is 103 cm³/mol. The molecule has 1 aliphatic heterocycles. The van der Waals surface area contributed by atoms with E-state index in [1.54, 1.807) is 19.1 Å². The first kappa shape index (κ1) is 16.8. The van der Waals surface area contributed by atoms with Crippen LogP contribution in [0.25, 0.3) is 10.2 Å². The molecule has 1 N–H and O–H groups in total. The van der Waals surface area contributed by atoms with Gasteiger partial charge >= 0.3 is 0 Å². The van der Waals surface area contributed by atoms with Crippen LogP contribution in [0.1, 0.15) is 20.9 Å². The van der Waals surface area contributed by atoms with Gasteiger partial charge in [0.25, 0.3) is 5.91 Å². The lowest BCUT2D eigenvalue weighted by molar-refractivity contribution is 0.0990. The second-order valence-corrected chi connectivity index (χ2v) is 7.11. The monoisotopic (exact) mass is 369 g/mol. The van der Waals surface area contributed by atoms with E-state index >= 15 is 0 Å². The maximum atomic E-state index is 13.1. The third kappa shape index (κ3) is 2.69. The summed E-state index contributed by atoms with van der Waals surface area (Å²) in [7, 11) is 3.29. The van der Waals surface area contributed by atoms with E-state index < -0.39 is 0 Å². The van der Waals surface area contributed by atoms with Crippen molar-refractivity contribution in [3.05, 3.63) is 46.5 Å². The Morgan fingerprint density at radius 2 is 2.15 bits per heavy atom. The number of amides is 1. The molecule has 0 saturated heterocycles. The Hall–Kier alpha value is -2.64. The lowest BCUT2D eigenvalue weighted by atomic mass is 10.1. The van der Waals surface area contributed by atoms with Crippen LogP contribution in [0.15, 0.2) is 30.3 Å². The Kier molecular flexibility index (Phi) is 4.26. The molecular weight excluding hydrogens is 350 g/mol. The molecule has 0 saturated carbocycles. The minimum absolute atomic E-state index is 0.0315. The molecule has 3 heterocycles. The molecule has 0 fully saturated rings. The minimum atomic E-state index is -0.0315. The van der Waals surface area contributed by atoms with Crippen LogP contribution in [0.2, 0.25) is 0 Å². The number of rotatable bonds is 4. The highest BCUT2D eigenvalue weighted by molar-refractivity contribution is 7.21. The summed E-state index contributed by atoms with van der Waals surface area (Å²) in [5.41, 5.74) is 3.61. The molecule has 0 aliphatic carbocycles. The Labute approximate surface area is 155 Å². The van der Waals surface area contributed by atoms with Gasteiger partial charge in [0.15, 0.2) is 0 Å². The van der Waals surface area contributed by atoms with E-state index in [0.29, 0.717) is 18.2 Å². The van der Waals surface area contributed by atoms with Crippen molar-refractivity contribution in [1.82, 2.24) is 4.98 Å². The van der Waals surface area contributed by atoms with Gasteiger partial charge in [-0.1, -0.05) is 6.07 Å². The van der Waals surface area contributed by atoms with Gasteiger partial charge in [-0.25, -0.2) is 4.98 Å².